The Hall–Kier alpha value is -3.10. The Kier molecular flexibility index (Phi) is 5.13. The van der Waals surface area contributed by atoms with Crippen molar-refractivity contribution in [2.45, 2.75) is 70.6 Å². The Balaban J connectivity index is 1.39. The van der Waals surface area contributed by atoms with Crippen LogP contribution in [0.2, 0.25) is 0 Å². The van der Waals surface area contributed by atoms with Gasteiger partial charge >= 0.3 is 6.09 Å². The number of carbonyl (C=O) groups is 2. The summed E-state index contributed by atoms with van der Waals surface area (Å²) in [5.74, 6) is 1.46. The number of carbonyl (C=O) groups excluding carboxylic acids is 2. The van der Waals surface area contributed by atoms with E-state index in [1.165, 1.54) is 0 Å². The summed E-state index contributed by atoms with van der Waals surface area (Å²) in [6, 6.07) is 5.58. The van der Waals surface area contributed by atoms with E-state index in [1.54, 1.807) is 12.1 Å². The SMILES string of the molecule is CC(C)NC(=O)O[C@@H]1CC[C@H](c2cc(Nc3ccc4c(n3)C(C)(C)NC4=O)n[nH]2)C1. The number of fused-ring (bicyclic) bond motifs is 1. The molecule has 4 N–H and O–H groups in total. The second-order valence-corrected chi connectivity index (χ2v) is 8.84. The normalized spacial score (nSPS) is 22.0. The highest BCUT2D eigenvalue weighted by molar-refractivity contribution is 5.99. The van der Waals surface area contributed by atoms with E-state index in [4.69, 9.17) is 4.74 Å². The number of ether oxygens (including phenoxy) is 1. The maximum atomic E-state index is 12.0. The Morgan fingerprint density at radius 3 is 2.83 bits per heavy atom. The van der Waals surface area contributed by atoms with Gasteiger partial charge < -0.3 is 20.7 Å². The fraction of sp³-hybridized carbons (Fsp3) is 0.524. The molecule has 2 aromatic heterocycles. The highest BCUT2D eigenvalue weighted by Crippen LogP contribution is 2.36. The topological polar surface area (TPSA) is 121 Å². The van der Waals surface area contributed by atoms with E-state index in [0.717, 1.165) is 30.7 Å². The molecule has 9 heteroatoms. The average Bonchev–Trinajstić information content (AvgIpc) is 3.34. The highest BCUT2D eigenvalue weighted by atomic mass is 16.6. The van der Waals surface area contributed by atoms with Crippen LogP contribution in [0, 0.1) is 0 Å². The predicted molar refractivity (Wildman–Crippen MR) is 112 cm³/mol. The number of hydrogen-bond donors (Lipinski definition) is 4. The first kappa shape index (κ1) is 20.2. The summed E-state index contributed by atoms with van der Waals surface area (Å²) in [6.07, 6.45) is 2.09. The van der Waals surface area contributed by atoms with Crippen molar-refractivity contribution in [1.82, 2.24) is 25.8 Å². The van der Waals surface area contributed by atoms with E-state index in [1.807, 2.05) is 33.8 Å². The molecule has 1 saturated carbocycles. The number of anilines is 2. The predicted octanol–water partition coefficient (Wildman–Crippen LogP) is 3.30. The van der Waals surface area contributed by atoms with Gasteiger partial charge in [-0.15, -0.1) is 0 Å². The molecular formula is C21H28N6O3. The number of aromatic nitrogens is 3. The van der Waals surface area contributed by atoms with Crippen LogP contribution < -0.4 is 16.0 Å². The molecule has 3 heterocycles. The van der Waals surface area contributed by atoms with Crippen LogP contribution in [0.5, 0.6) is 0 Å². The van der Waals surface area contributed by atoms with Crippen molar-refractivity contribution < 1.29 is 14.3 Å². The van der Waals surface area contributed by atoms with Crippen LogP contribution in [0.1, 0.15) is 74.6 Å². The van der Waals surface area contributed by atoms with Gasteiger partial charge in [0.05, 0.1) is 16.8 Å². The van der Waals surface area contributed by atoms with Crippen LogP contribution in [0.15, 0.2) is 18.2 Å². The van der Waals surface area contributed by atoms with Crippen molar-refractivity contribution in [2.24, 2.45) is 0 Å². The molecule has 0 bridgehead atoms. The third kappa shape index (κ3) is 4.10. The zero-order valence-electron chi connectivity index (χ0n) is 17.7. The fourth-order valence-corrected chi connectivity index (χ4v) is 4.09. The number of aromatic amines is 1. The molecule has 1 aliphatic carbocycles. The van der Waals surface area contributed by atoms with Gasteiger partial charge in [0.25, 0.3) is 5.91 Å². The number of nitrogens with zero attached hydrogens (tertiary/aromatic N) is 2. The molecule has 0 unspecified atom stereocenters. The van der Waals surface area contributed by atoms with Gasteiger partial charge in [-0.1, -0.05) is 0 Å². The summed E-state index contributed by atoms with van der Waals surface area (Å²) in [7, 11) is 0. The quantitative estimate of drug-likeness (QED) is 0.598. The maximum absolute atomic E-state index is 12.0. The van der Waals surface area contributed by atoms with Crippen LogP contribution in [0.4, 0.5) is 16.4 Å². The summed E-state index contributed by atoms with van der Waals surface area (Å²) in [5.41, 5.74) is 1.84. The summed E-state index contributed by atoms with van der Waals surface area (Å²) in [6.45, 7) is 7.67. The van der Waals surface area contributed by atoms with E-state index >= 15 is 0 Å². The summed E-state index contributed by atoms with van der Waals surface area (Å²) < 4.78 is 5.50. The largest absolute Gasteiger partial charge is 0.446 e. The van der Waals surface area contributed by atoms with E-state index < -0.39 is 5.54 Å². The van der Waals surface area contributed by atoms with Crippen molar-refractivity contribution in [3.05, 3.63) is 35.2 Å². The molecule has 0 saturated heterocycles. The molecule has 0 aromatic carbocycles. The number of amides is 2. The Bertz CT molecular complexity index is 967. The first-order valence-electron chi connectivity index (χ1n) is 10.3. The molecule has 2 amide bonds. The fourth-order valence-electron chi connectivity index (χ4n) is 4.09. The second-order valence-electron chi connectivity index (χ2n) is 8.84. The third-order valence-electron chi connectivity index (χ3n) is 5.52. The van der Waals surface area contributed by atoms with Crippen LogP contribution >= 0.6 is 0 Å². The van der Waals surface area contributed by atoms with Crippen molar-refractivity contribution in [1.29, 1.82) is 0 Å². The standard InChI is InChI=1S/C21H28N6O3/c1-11(2)22-20(29)30-13-6-5-12(9-13)15-10-17(27-26-15)23-16-8-7-14-18(24-16)21(3,4)25-19(14)28/h7-8,10-13H,5-6,9H2,1-4H3,(H,22,29)(H,25,28)(H2,23,24,26,27)/t12-,13+/m0/s1. The first-order chi connectivity index (χ1) is 14.2. The molecular weight excluding hydrogens is 384 g/mol. The van der Waals surface area contributed by atoms with E-state index in [-0.39, 0.29) is 30.1 Å². The number of H-pyrrole nitrogens is 1. The number of rotatable bonds is 5. The minimum absolute atomic E-state index is 0.0586. The molecule has 2 aliphatic rings. The van der Waals surface area contributed by atoms with Crippen LogP contribution in [0.25, 0.3) is 0 Å². The number of alkyl carbamates (subject to hydrolysis) is 1. The van der Waals surface area contributed by atoms with Crippen molar-refractivity contribution >= 4 is 23.6 Å². The summed E-state index contributed by atoms with van der Waals surface area (Å²) in [4.78, 5) is 28.4. The van der Waals surface area contributed by atoms with Gasteiger partial charge in [-0.05, 0) is 59.1 Å². The lowest BCUT2D eigenvalue weighted by molar-refractivity contribution is 0.0938. The van der Waals surface area contributed by atoms with Gasteiger partial charge in [-0.25, -0.2) is 9.78 Å². The highest BCUT2D eigenvalue weighted by Gasteiger charge is 2.36. The molecule has 9 nitrogen and oxygen atoms in total. The summed E-state index contributed by atoms with van der Waals surface area (Å²) in [5, 5.41) is 16.3. The molecule has 0 spiro atoms. The molecule has 160 valence electrons. The van der Waals surface area contributed by atoms with E-state index in [0.29, 0.717) is 17.2 Å². The molecule has 2 atom stereocenters. The Morgan fingerprint density at radius 1 is 1.27 bits per heavy atom. The van der Waals surface area contributed by atoms with Gasteiger partial charge in [0.1, 0.15) is 11.9 Å². The van der Waals surface area contributed by atoms with Crippen LogP contribution in [-0.2, 0) is 10.3 Å². The minimum Gasteiger partial charge on any atom is -0.446 e. The molecule has 0 radical (unpaired) electrons. The van der Waals surface area contributed by atoms with Gasteiger partial charge in [0.15, 0.2) is 5.82 Å². The minimum atomic E-state index is -0.498. The average molecular weight is 412 g/mol. The van der Waals surface area contributed by atoms with Crippen molar-refractivity contribution in [3.63, 3.8) is 0 Å². The molecule has 4 rings (SSSR count). The Labute approximate surface area is 175 Å². The zero-order valence-corrected chi connectivity index (χ0v) is 17.7. The van der Waals surface area contributed by atoms with Crippen molar-refractivity contribution in [3.8, 4) is 0 Å². The lowest BCUT2D eigenvalue weighted by Gasteiger charge is -2.18. The summed E-state index contributed by atoms with van der Waals surface area (Å²) >= 11 is 0. The molecule has 1 aliphatic heterocycles. The van der Waals surface area contributed by atoms with Crippen molar-refractivity contribution in [2.75, 3.05) is 5.32 Å². The monoisotopic (exact) mass is 412 g/mol. The van der Waals surface area contributed by atoms with Gasteiger partial charge in [-0.2, -0.15) is 5.10 Å². The second kappa shape index (κ2) is 7.62. The molecule has 30 heavy (non-hydrogen) atoms. The zero-order chi connectivity index (χ0) is 21.5. The van der Waals surface area contributed by atoms with Gasteiger partial charge in [0, 0.05) is 23.7 Å². The molecule has 2 aromatic rings. The van der Waals surface area contributed by atoms with Gasteiger partial charge in [-0.3, -0.25) is 9.89 Å². The van der Waals surface area contributed by atoms with E-state index in [9.17, 15) is 9.59 Å². The third-order valence-corrected chi connectivity index (χ3v) is 5.52. The van der Waals surface area contributed by atoms with Crippen LogP contribution in [-0.4, -0.2) is 39.3 Å². The van der Waals surface area contributed by atoms with Gasteiger partial charge in [0.2, 0.25) is 0 Å². The number of hydrogen-bond acceptors (Lipinski definition) is 6. The van der Waals surface area contributed by atoms with Crippen LogP contribution in [0.3, 0.4) is 0 Å². The number of pyridine rings is 1. The lowest BCUT2D eigenvalue weighted by atomic mass is 10.0. The molecule has 1 fully saturated rings. The lowest BCUT2D eigenvalue weighted by Crippen LogP contribution is -2.33. The Morgan fingerprint density at radius 2 is 2.07 bits per heavy atom. The van der Waals surface area contributed by atoms with E-state index in [2.05, 4.69) is 31.1 Å². The smallest absolute Gasteiger partial charge is 0.407 e. The first-order valence-corrected chi connectivity index (χ1v) is 10.3. The maximum Gasteiger partial charge on any atom is 0.407 e. The number of nitrogens with one attached hydrogen (secondary N) is 4.